The highest BCUT2D eigenvalue weighted by molar-refractivity contribution is 14.1. The smallest absolute Gasteiger partial charge is 0.251 e. The minimum Gasteiger partial charge on any atom is -0.348 e. The van der Waals surface area contributed by atoms with Gasteiger partial charge >= 0.3 is 0 Å². The van der Waals surface area contributed by atoms with E-state index in [1.165, 1.54) is 5.56 Å². The molecule has 1 N–H and O–H groups in total. The van der Waals surface area contributed by atoms with Crippen LogP contribution >= 0.6 is 50.1 Å². The first kappa shape index (κ1) is 16.8. The van der Waals surface area contributed by atoms with Crippen molar-refractivity contribution >= 4 is 56.0 Å². The first-order valence-corrected chi connectivity index (χ1v) is 9.03. The van der Waals surface area contributed by atoms with Crippen molar-refractivity contribution in [2.45, 2.75) is 12.5 Å². The van der Waals surface area contributed by atoms with Crippen molar-refractivity contribution in [3.63, 3.8) is 0 Å². The van der Waals surface area contributed by atoms with Crippen LogP contribution in [0.4, 0.5) is 0 Å². The number of benzene rings is 2. The molecule has 0 bridgehead atoms. The minimum atomic E-state index is -0.103. The molecule has 2 rings (SSSR count). The molecule has 0 aliphatic rings. The zero-order chi connectivity index (χ0) is 15.2. The van der Waals surface area contributed by atoms with E-state index in [4.69, 9.17) is 11.6 Å². The van der Waals surface area contributed by atoms with Crippen LogP contribution in [0, 0.1) is 3.57 Å². The maximum absolute atomic E-state index is 12.3. The molecular formula is C16H14BrClINO. The van der Waals surface area contributed by atoms with E-state index in [-0.39, 0.29) is 11.9 Å². The van der Waals surface area contributed by atoms with Gasteiger partial charge in [-0.2, -0.15) is 0 Å². The Labute approximate surface area is 151 Å². The second-order valence-corrected chi connectivity index (χ2v) is 6.86. The van der Waals surface area contributed by atoms with Crippen LogP contribution < -0.4 is 5.32 Å². The fraction of sp³-hybridized carbons (Fsp3) is 0.188. The van der Waals surface area contributed by atoms with E-state index in [9.17, 15) is 4.79 Å². The third-order valence-corrected chi connectivity index (χ3v) is 5.38. The first-order chi connectivity index (χ1) is 10.1. The maximum atomic E-state index is 12.3. The minimum absolute atomic E-state index is 0.0398. The highest BCUT2D eigenvalue weighted by Crippen LogP contribution is 2.19. The average Bonchev–Trinajstić information content (AvgIpc) is 2.50. The summed E-state index contributed by atoms with van der Waals surface area (Å²) in [6, 6.07) is 15.5. The number of hydrogen-bond donors (Lipinski definition) is 1. The van der Waals surface area contributed by atoms with Gasteiger partial charge in [-0.25, -0.2) is 0 Å². The van der Waals surface area contributed by atoms with Gasteiger partial charge in [0, 0.05) is 20.5 Å². The van der Waals surface area contributed by atoms with E-state index in [0.717, 1.165) is 9.99 Å². The lowest BCUT2D eigenvalue weighted by molar-refractivity contribution is 0.0941. The molecule has 1 atom stereocenters. The number of halogens is 3. The molecule has 2 aromatic carbocycles. The number of carbonyl (C=O) groups excluding carboxylic acids is 1. The van der Waals surface area contributed by atoms with Crippen LogP contribution in [0.1, 0.15) is 15.9 Å². The van der Waals surface area contributed by atoms with Gasteiger partial charge in [0.1, 0.15) is 0 Å². The van der Waals surface area contributed by atoms with Crippen molar-refractivity contribution in [3.05, 3.63) is 68.3 Å². The molecule has 2 aromatic rings. The van der Waals surface area contributed by atoms with Crippen molar-refractivity contribution in [2.75, 3.05) is 5.33 Å². The van der Waals surface area contributed by atoms with Gasteiger partial charge in [0.15, 0.2) is 0 Å². The third-order valence-electron chi connectivity index (χ3n) is 3.03. The number of nitrogens with one attached hydrogen (secondary N) is 1. The SMILES string of the molecule is O=C(NC(CBr)Cc1ccccc1)c1ccc(I)c(Cl)c1. The van der Waals surface area contributed by atoms with Crippen LogP contribution in [0.3, 0.4) is 0 Å². The Kier molecular flexibility index (Phi) is 6.51. The van der Waals surface area contributed by atoms with Gasteiger partial charge in [-0.15, -0.1) is 0 Å². The van der Waals surface area contributed by atoms with Gasteiger partial charge in [-0.05, 0) is 52.8 Å². The predicted molar refractivity (Wildman–Crippen MR) is 99.4 cm³/mol. The van der Waals surface area contributed by atoms with Gasteiger partial charge in [-0.1, -0.05) is 57.9 Å². The molecule has 2 nitrogen and oxygen atoms in total. The van der Waals surface area contributed by atoms with Crippen LogP contribution in [0.15, 0.2) is 48.5 Å². The molecule has 0 aromatic heterocycles. The number of carbonyl (C=O) groups is 1. The zero-order valence-electron chi connectivity index (χ0n) is 11.2. The number of amides is 1. The summed E-state index contributed by atoms with van der Waals surface area (Å²) in [5, 5.41) is 4.33. The maximum Gasteiger partial charge on any atom is 0.251 e. The van der Waals surface area contributed by atoms with Gasteiger partial charge in [0.05, 0.1) is 5.02 Å². The summed E-state index contributed by atoms with van der Waals surface area (Å²) >= 11 is 11.7. The number of rotatable bonds is 5. The normalized spacial score (nSPS) is 12.0. The molecule has 110 valence electrons. The number of hydrogen-bond acceptors (Lipinski definition) is 1. The lowest BCUT2D eigenvalue weighted by Crippen LogP contribution is -2.37. The van der Waals surface area contributed by atoms with E-state index in [2.05, 4.69) is 56.0 Å². The van der Waals surface area contributed by atoms with Gasteiger partial charge in [0.25, 0.3) is 5.91 Å². The summed E-state index contributed by atoms with van der Waals surface area (Å²) < 4.78 is 0.937. The topological polar surface area (TPSA) is 29.1 Å². The Bertz CT molecular complexity index is 621. The summed E-state index contributed by atoms with van der Waals surface area (Å²) in [7, 11) is 0. The highest BCUT2D eigenvalue weighted by Gasteiger charge is 2.14. The van der Waals surface area contributed by atoms with E-state index < -0.39 is 0 Å². The van der Waals surface area contributed by atoms with Crippen molar-refractivity contribution in [1.82, 2.24) is 5.32 Å². The molecule has 0 saturated carbocycles. The number of alkyl halides is 1. The molecule has 0 fully saturated rings. The fourth-order valence-electron chi connectivity index (χ4n) is 1.95. The van der Waals surface area contributed by atoms with Crippen LogP contribution in [-0.4, -0.2) is 17.3 Å². The van der Waals surface area contributed by atoms with Crippen LogP contribution in [-0.2, 0) is 6.42 Å². The average molecular weight is 479 g/mol. The lowest BCUT2D eigenvalue weighted by Gasteiger charge is -2.16. The highest BCUT2D eigenvalue weighted by atomic mass is 127. The Hall–Kier alpha value is -0.590. The van der Waals surface area contributed by atoms with Gasteiger partial charge in [-0.3, -0.25) is 4.79 Å². The second-order valence-electron chi connectivity index (χ2n) is 4.64. The third kappa shape index (κ3) is 4.97. The molecule has 5 heteroatoms. The van der Waals surface area contributed by atoms with Crippen molar-refractivity contribution in [2.24, 2.45) is 0 Å². The Morgan fingerprint density at radius 1 is 1.24 bits per heavy atom. The van der Waals surface area contributed by atoms with Crippen molar-refractivity contribution in [3.8, 4) is 0 Å². The van der Waals surface area contributed by atoms with Gasteiger partial charge < -0.3 is 5.32 Å². The quantitative estimate of drug-likeness (QED) is 0.491. The summed E-state index contributed by atoms with van der Waals surface area (Å²) in [6.45, 7) is 0. The second kappa shape index (κ2) is 8.15. The van der Waals surface area contributed by atoms with Crippen LogP contribution in [0.2, 0.25) is 5.02 Å². The van der Waals surface area contributed by atoms with E-state index in [0.29, 0.717) is 15.9 Å². The summed E-state index contributed by atoms with van der Waals surface area (Å²) in [6.07, 6.45) is 0.788. The molecule has 1 amide bonds. The monoisotopic (exact) mass is 477 g/mol. The first-order valence-electron chi connectivity index (χ1n) is 6.46. The fourth-order valence-corrected chi connectivity index (χ4v) is 2.86. The molecule has 0 aliphatic carbocycles. The van der Waals surface area contributed by atoms with E-state index in [1.54, 1.807) is 12.1 Å². The van der Waals surface area contributed by atoms with Crippen LogP contribution in [0.5, 0.6) is 0 Å². The Morgan fingerprint density at radius 3 is 2.57 bits per heavy atom. The zero-order valence-corrected chi connectivity index (χ0v) is 15.7. The molecule has 0 aliphatic heterocycles. The summed E-state index contributed by atoms with van der Waals surface area (Å²) in [5.41, 5.74) is 1.78. The molecule has 0 radical (unpaired) electrons. The predicted octanol–water partition coefficient (Wildman–Crippen LogP) is 4.68. The van der Waals surface area contributed by atoms with E-state index in [1.807, 2.05) is 24.3 Å². The Morgan fingerprint density at radius 2 is 1.95 bits per heavy atom. The van der Waals surface area contributed by atoms with Crippen molar-refractivity contribution < 1.29 is 4.79 Å². The molecule has 0 saturated heterocycles. The molecule has 0 spiro atoms. The summed E-state index contributed by atoms with van der Waals surface area (Å²) in [5.74, 6) is -0.103. The molecular weight excluding hydrogens is 464 g/mol. The summed E-state index contributed by atoms with van der Waals surface area (Å²) in [4.78, 5) is 12.3. The van der Waals surface area contributed by atoms with Crippen LogP contribution in [0.25, 0.3) is 0 Å². The lowest BCUT2D eigenvalue weighted by atomic mass is 10.1. The standard InChI is InChI=1S/C16H14BrClINO/c17-10-13(8-11-4-2-1-3-5-11)20-16(21)12-6-7-15(19)14(18)9-12/h1-7,9,13H,8,10H2,(H,20,21). The molecule has 1 unspecified atom stereocenters. The van der Waals surface area contributed by atoms with Gasteiger partial charge in [0.2, 0.25) is 0 Å². The van der Waals surface area contributed by atoms with E-state index >= 15 is 0 Å². The largest absolute Gasteiger partial charge is 0.348 e. The Balaban J connectivity index is 2.04. The molecule has 0 heterocycles. The molecule has 21 heavy (non-hydrogen) atoms. The van der Waals surface area contributed by atoms with Crippen molar-refractivity contribution in [1.29, 1.82) is 0 Å².